The summed E-state index contributed by atoms with van der Waals surface area (Å²) in [6.07, 6.45) is 7.11. The number of hydrogen-bond donors (Lipinski definition) is 0. The summed E-state index contributed by atoms with van der Waals surface area (Å²) in [6, 6.07) is 0. The van der Waals surface area contributed by atoms with E-state index in [2.05, 4.69) is 13.8 Å². The van der Waals surface area contributed by atoms with Crippen LogP contribution in [0.5, 0.6) is 0 Å². The number of epoxide rings is 1. The van der Waals surface area contributed by atoms with E-state index in [-0.39, 0.29) is 11.9 Å². The summed E-state index contributed by atoms with van der Waals surface area (Å²) in [7, 11) is 0. The van der Waals surface area contributed by atoms with Crippen LogP contribution in [0.4, 0.5) is 0 Å². The van der Waals surface area contributed by atoms with Crippen LogP contribution < -0.4 is 0 Å². The molecule has 0 aromatic carbocycles. The minimum atomic E-state index is -0.0631. The molecule has 100 valence electrons. The lowest BCUT2D eigenvalue weighted by Crippen LogP contribution is -2.17. The number of rotatable bonds is 9. The monoisotopic (exact) mass is 242 g/mol. The first-order valence-electron chi connectivity index (χ1n) is 7.01. The van der Waals surface area contributed by atoms with E-state index < -0.39 is 0 Å². The van der Waals surface area contributed by atoms with Gasteiger partial charge in [0, 0.05) is 0 Å². The van der Waals surface area contributed by atoms with Gasteiger partial charge < -0.3 is 9.47 Å². The Morgan fingerprint density at radius 1 is 1.24 bits per heavy atom. The van der Waals surface area contributed by atoms with Gasteiger partial charge in [0.1, 0.15) is 0 Å². The summed E-state index contributed by atoms with van der Waals surface area (Å²) in [4.78, 5) is 11.7. The van der Waals surface area contributed by atoms with Crippen molar-refractivity contribution in [1.29, 1.82) is 0 Å². The predicted molar refractivity (Wildman–Crippen MR) is 67.8 cm³/mol. The average Bonchev–Trinajstić information content (AvgIpc) is 3.07. The molecule has 1 fully saturated rings. The molecule has 0 aromatic heterocycles. The SMILES string of the molecule is CCCCCCOC(=O)C(C)CC1OC1CC. The van der Waals surface area contributed by atoms with E-state index in [4.69, 9.17) is 9.47 Å². The maximum absolute atomic E-state index is 11.7. The Bertz CT molecular complexity index is 228. The summed E-state index contributed by atoms with van der Waals surface area (Å²) >= 11 is 0. The maximum atomic E-state index is 11.7. The minimum Gasteiger partial charge on any atom is -0.465 e. The standard InChI is InChI=1S/C14H26O3/c1-4-6-7-8-9-16-14(15)11(3)10-13-12(5-2)17-13/h11-13H,4-10H2,1-3H3. The van der Waals surface area contributed by atoms with E-state index in [1.165, 1.54) is 12.8 Å². The van der Waals surface area contributed by atoms with Crippen molar-refractivity contribution < 1.29 is 14.3 Å². The van der Waals surface area contributed by atoms with Gasteiger partial charge in [0.15, 0.2) is 0 Å². The van der Waals surface area contributed by atoms with E-state index in [1.807, 2.05) is 6.92 Å². The zero-order valence-corrected chi connectivity index (χ0v) is 11.4. The van der Waals surface area contributed by atoms with Crippen molar-refractivity contribution in [3.63, 3.8) is 0 Å². The van der Waals surface area contributed by atoms with Crippen LogP contribution >= 0.6 is 0 Å². The molecule has 0 N–H and O–H groups in total. The highest BCUT2D eigenvalue weighted by Gasteiger charge is 2.39. The molecule has 3 atom stereocenters. The molecule has 0 bridgehead atoms. The zero-order chi connectivity index (χ0) is 12.7. The Hall–Kier alpha value is -0.570. The van der Waals surface area contributed by atoms with Crippen LogP contribution in [-0.4, -0.2) is 24.8 Å². The lowest BCUT2D eigenvalue weighted by Gasteiger charge is -2.10. The quantitative estimate of drug-likeness (QED) is 0.354. The van der Waals surface area contributed by atoms with Gasteiger partial charge in [0.25, 0.3) is 0 Å². The summed E-state index contributed by atoms with van der Waals surface area (Å²) in [5.74, 6) is -0.0884. The van der Waals surface area contributed by atoms with Crippen LogP contribution in [0.25, 0.3) is 0 Å². The molecule has 0 saturated carbocycles. The molecule has 17 heavy (non-hydrogen) atoms. The molecular weight excluding hydrogens is 216 g/mol. The van der Waals surface area contributed by atoms with Gasteiger partial charge in [-0.3, -0.25) is 4.79 Å². The van der Waals surface area contributed by atoms with E-state index in [9.17, 15) is 4.79 Å². The largest absolute Gasteiger partial charge is 0.465 e. The van der Waals surface area contributed by atoms with Gasteiger partial charge in [0.2, 0.25) is 0 Å². The normalized spacial score (nSPS) is 24.4. The van der Waals surface area contributed by atoms with Gasteiger partial charge in [-0.15, -0.1) is 0 Å². The fraction of sp³-hybridized carbons (Fsp3) is 0.929. The fourth-order valence-corrected chi connectivity index (χ4v) is 2.03. The van der Waals surface area contributed by atoms with Crippen LogP contribution in [0.15, 0.2) is 0 Å². The van der Waals surface area contributed by atoms with Crippen LogP contribution in [0.3, 0.4) is 0 Å². The third kappa shape index (κ3) is 5.53. The van der Waals surface area contributed by atoms with E-state index in [0.717, 1.165) is 25.7 Å². The van der Waals surface area contributed by atoms with Crippen LogP contribution in [0.1, 0.15) is 59.3 Å². The van der Waals surface area contributed by atoms with Crippen LogP contribution in [0.2, 0.25) is 0 Å². The van der Waals surface area contributed by atoms with Gasteiger partial charge >= 0.3 is 5.97 Å². The summed E-state index contributed by atoms with van der Waals surface area (Å²) in [6.45, 7) is 6.80. The maximum Gasteiger partial charge on any atom is 0.308 e. The molecule has 3 unspecified atom stereocenters. The molecule has 0 spiro atoms. The second kappa shape index (κ2) is 7.70. The second-order valence-corrected chi connectivity index (χ2v) is 4.99. The molecule has 0 radical (unpaired) electrons. The van der Waals surface area contributed by atoms with E-state index >= 15 is 0 Å². The number of carbonyl (C=O) groups excluding carboxylic acids is 1. The Morgan fingerprint density at radius 2 is 2.00 bits per heavy atom. The van der Waals surface area contributed by atoms with Gasteiger partial charge in [-0.2, -0.15) is 0 Å². The minimum absolute atomic E-state index is 0.0253. The van der Waals surface area contributed by atoms with Crippen LogP contribution in [-0.2, 0) is 14.3 Å². The number of unbranched alkanes of at least 4 members (excludes halogenated alkanes) is 3. The molecule has 1 saturated heterocycles. The Balaban J connectivity index is 2.02. The lowest BCUT2D eigenvalue weighted by atomic mass is 10.0. The highest BCUT2D eigenvalue weighted by Crippen LogP contribution is 2.31. The Kier molecular flexibility index (Phi) is 6.56. The summed E-state index contributed by atoms with van der Waals surface area (Å²) in [5, 5.41) is 0. The van der Waals surface area contributed by atoms with Crippen molar-refractivity contribution in [1.82, 2.24) is 0 Å². The van der Waals surface area contributed by atoms with Crippen molar-refractivity contribution in [3.05, 3.63) is 0 Å². The third-order valence-corrected chi connectivity index (χ3v) is 3.32. The average molecular weight is 242 g/mol. The first-order valence-corrected chi connectivity index (χ1v) is 7.01. The zero-order valence-electron chi connectivity index (χ0n) is 11.4. The molecule has 1 aliphatic rings. The molecule has 1 aliphatic heterocycles. The molecule has 1 heterocycles. The van der Waals surface area contributed by atoms with Crippen LogP contribution in [0, 0.1) is 5.92 Å². The van der Waals surface area contributed by atoms with Gasteiger partial charge in [-0.05, 0) is 19.3 Å². The Labute approximate surface area is 105 Å². The topological polar surface area (TPSA) is 38.8 Å². The molecule has 3 nitrogen and oxygen atoms in total. The smallest absolute Gasteiger partial charge is 0.308 e. The van der Waals surface area contributed by atoms with E-state index in [1.54, 1.807) is 0 Å². The summed E-state index contributed by atoms with van der Waals surface area (Å²) < 4.78 is 10.7. The lowest BCUT2D eigenvalue weighted by molar-refractivity contribution is -0.148. The van der Waals surface area contributed by atoms with Crippen molar-refractivity contribution in [2.75, 3.05) is 6.61 Å². The van der Waals surface area contributed by atoms with Gasteiger partial charge in [-0.25, -0.2) is 0 Å². The van der Waals surface area contributed by atoms with Crippen molar-refractivity contribution in [3.8, 4) is 0 Å². The molecular formula is C14H26O3. The molecule has 0 aliphatic carbocycles. The van der Waals surface area contributed by atoms with Gasteiger partial charge in [0.05, 0.1) is 24.7 Å². The molecule has 3 heteroatoms. The predicted octanol–water partition coefficient (Wildman–Crippen LogP) is 3.31. The van der Waals surface area contributed by atoms with Crippen molar-refractivity contribution in [2.45, 2.75) is 71.5 Å². The number of ether oxygens (including phenoxy) is 2. The Morgan fingerprint density at radius 3 is 2.59 bits per heavy atom. The first kappa shape index (κ1) is 14.5. The molecule has 0 amide bonds. The molecule has 1 rings (SSSR count). The fourth-order valence-electron chi connectivity index (χ4n) is 2.03. The number of esters is 1. The second-order valence-electron chi connectivity index (χ2n) is 4.99. The number of carbonyl (C=O) groups is 1. The third-order valence-electron chi connectivity index (χ3n) is 3.32. The van der Waals surface area contributed by atoms with E-state index in [0.29, 0.717) is 18.8 Å². The van der Waals surface area contributed by atoms with Crippen molar-refractivity contribution in [2.24, 2.45) is 5.92 Å². The highest BCUT2D eigenvalue weighted by atomic mass is 16.6. The first-order chi connectivity index (χ1) is 8.19. The van der Waals surface area contributed by atoms with Crippen molar-refractivity contribution >= 4 is 5.97 Å². The number of hydrogen-bond acceptors (Lipinski definition) is 3. The highest BCUT2D eigenvalue weighted by molar-refractivity contribution is 5.72. The van der Waals surface area contributed by atoms with Gasteiger partial charge in [-0.1, -0.05) is 40.0 Å². The molecule has 0 aromatic rings. The summed E-state index contributed by atoms with van der Waals surface area (Å²) in [5.41, 5.74) is 0.